The van der Waals surface area contributed by atoms with E-state index in [1.54, 1.807) is 21.3 Å². The fourth-order valence-corrected chi connectivity index (χ4v) is 3.03. The molecule has 0 aliphatic carbocycles. The van der Waals surface area contributed by atoms with Crippen LogP contribution in [-0.4, -0.2) is 33.0 Å². The lowest BCUT2D eigenvalue weighted by atomic mass is 9.99. The van der Waals surface area contributed by atoms with Crippen LogP contribution in [0, 0.1) is 0 Å². The van der Waals surface area contributed by atoms with Crippen LogP contribution in [0.25, 0.3) is 11.1 Å². The maximum atomic E-state index is 9.32. The highest BCUT2D eigenvalue weighted by molar-refractivity contribution is 9.10. The van der Waals surface area contributed by atoms with Gasteiger partial charge in [0.25, 0.3) is 0 Å². The SMILES string of the molecule is COc1ccc(-c2cc(OC)c(Br)c(CCO)c2OC)cc1. The Balaban J connectivity index is 2.64. The average Bonchev–Trinajstić information content (AvgIpc) is 2.56. The van der Waals surface area contributed by atoms with Crippen LogP contribution in [0.5, 0.6) is 17.2 Å². The number of rotatable bonds is 6. The van der Waals surface area contributed by atoms with Crippen LogP contribution in [0.3, 0.4) is 0 Å². The first-order chi connectivity index (χ1) is 10.7. The molecule has 0 unspecified atom stereocenters. The molecule has 2 rings (SSSR count). The number of ether oxygens (including phenoxy) is 3. The molecule has 0 aromatic heterocycles. The molecule has 0 saturated heterocycles. The van der Waals surface area contributed by atoms with E-state index in [4.69, 9.17) is 14.2 Å². The van der Waals surface area contributed by atoms with Crippen molar-refractivity contribution in [2.45, 2.75) is 6.42 Å². The molecule has 5 heteroatoms. The number of halogens is 1. The number of hydrogen-bond donors (Lipinski definition) is 1. The van der Waals surface area contributed by atoms with Gasteiger partial charge in [0.15, 0.2) is 0 Å². The number of hydrogen-bond acceptors (Lipinski definition) is 4. The lowest BCUT2D eigenvalue weighted by Gasteiger charge is -2.18. The molecule has 0 saturated carbocycles. The molecule has 118 valence electrons. The maximum absolute atomic E-state index is 9.32. The highest BCUT2D eigenvalue weighted by Gasteiger charge is 2.18. The van der Waals surface area contributed by atoms with Gasteiger partial charge in [0.2, 0.25) is 0 Å². The summed E-state index contributed by atoms with van der Waals surface area (Å²) >= 11 is 3.53. The molecule has 0 spiro atoms. The zero-order valence-electron chi connectivity index (χ0n) is 12.9. The normalized spacial score (nSPS) is 10.4. The Morgan fingerprint density at radius 2 is 1.68 bits per heavy atom. The standard InChI is InChI=1S/C17H19BrO4/c1-20-12-6-4-11(5-7-12)14-10-15(21-2)16(18)13(8-9-19)17(14)22-3/h4-7,10,19H,8-9H2,1-3H3. The lowest BCUT2D eigenvalue weighted by molar-refractivity contribution is 0.296. The first kappa shape index (κ1) is 16.6. The Hall–Kier alpha value is -1.72. The molecule has 0 heterocycles. The summed E-state index contributed by atoms with van der Waals surface area (Å²) in [5, 5.41) is 9.32. The van der Waals surface area contributed by atoms with Gasteiger partial charge in [-0.2, -0.15) is 0 Å². The van der Waals surface area contributed by atoms with Crippen LogP contribution in [0.2, 0.25) is 0 Å². The average molecular weight is 367 g/mol. The molecular formula is C17H19BrO4. The highest BCUT2D eigenvalue weighted by atomic mass is 79.9. The molecule has 0 aliphatic rings. The monoisotopic (exact) mass is 366 g/mol. The minimum Gasteiger partial charge on any atom is -0.497 e. The Kier molecular flexibility index (Phi) is 5.69. The quantitative estimate of drug-likeness (QED) is 0.846. The summed E-state index contributed by atoms with van der Waals surface area (Å²) in [6.45, 7) is 0.0319. The Bertz CT molecular complexity index is 638. The van der Waals surface area contributed by atoms with E-state index in [9.17, 15) is 5.11 Å². The maximum Gasteiger partial charge on any atom is 0.134 e. The van der Waals surface area contributed by atoms with E-state index >= 15 is 0 Å². The predicted octanol–water partition coefficient (Wildman–Crippen LogP) is 3.68. The van der Waals surface area contributed by atoms with Crippen molar-refractivity contribution in [3.8, 4) is 28.4 Å². The van der Waals surface area contributed by atoms with Crippen molar-refractivity contribution in [3.63, 3.8) is 0 Å². The van der Waals surface area contributed by atoms with E-state index in [-0.39, 0.29) is 6.61 Å². The van der Waals surface area contributed by atoms with E-state index in [2.05, 4.69) is 15.9 Å². The fraction of sp³-hybridized carbons (Fsp3) is 0.294. The zero-order chi connectivity index (χ0) is 16.1. The van der Waals surface area contributed by atoms with E-state index in [1.807, 2.05) is 30.3 Å². The van der Waals surface area contributed by atoms with Gasteiger partial charge in [0.05, 0.1) is 25.8 Å². The molecule has 22 heavy (non-hydrogen) atoms. The van der Waals surface area contributed by atoms with Gasteiger partial charge in [-0.3, -0.25) is 0 Å². The van der Waals surface area contributed by atoms with Gasteiger partial charge in [-0.25, -0.2) is 0 Å². The molecule has 2 aromatic rings. The minimum atomic E-state index is 0.0319. The molecule has 0 amide bonds. The third-order valence-electron chi connectivity index (χ3n) is 3.46. The molecule has 1 N–H and O–H groups in total. The number of aliphatic hydroxyl groups excluding tert-OH is 1. The van der Waals surface area contributed by atoms with Crippen molar-refractivity contribution in [2.75, 3.05) is 27.9 Å². The van der Waals surface area contributed by atoms with Crippen LogP contribution in [0.4, 0.5) is 0 Å². The molecule has 0 bridgehead atoms. The summed E-state index contributed by atoms with van der Waals surface area (Å²) in [5.41, 5.74) is 2.78. The van der Waals surface area contributed by atoms with Crippen LogP contribution in [0.15, 0.2) is 34.8 Å². The van der Waals surface area contributed by atoms with Crippen LogP contribution in [-0.2, 0) is 6.42 Å². The van der Waals surface area contributed by atoms with Crippen molar-refractivity contribution in [2.24, 2.45) is 0 Å². The van der Waals surface area contributed by atoms with Crippen molar-refractivity contribution in [1.29, 1.82) is 0 Å². The summed E-state index contributed by atoms with van der Waals surface area (Å²) in [7, 11) is 4.88. The second-order valence-electron chi connectivity index (χ2n) is 4.65. The largest absolute Gasteiger partial charge is 0.497 e. The highest BCUT2D eigenvalue weighted by Crippen LogP contribution is 2.43. The van der Waals surface area contributed by atoms with Gasteiger partial charge >= 0.3 is 0 Å². The van der Waals surface area contributed by atoms with Gasteiger partial charge in [-0.05, 0) is 39.7 Å². The summed E-state index contributed by atoms with van der Waals surface area (Å²) in [6.07, 6.45) is 0.476. The smallest absolute Gasteiger partial charge is 0.134 e. The summed E-state index contributed by atoms with van der Waals surface area (Å²) in [4.78, 5) is 0. The zero-order valence-corrected chi connectivity index (χ0v) is 14.4. The molecule has 4 nitrogen and oxygen atoms in total. The first-order valence-electron chi connectivity index (χ1n) is 6.84. The van der Waals surface area contributed by atoms with Gasteiger partial charge in [-0.15, -0.1) is 0 Å². The molecule has 0 atom stereocenters. The lowest BCUT2D eigenvalue weighted by Crippen LogP contribution is -2.01. The van der Waals surface area contributed by atoms with Crippen molar-refractivity contribution < 1.29 is 19.3 Å². The Labute approximate surface area is 138 Å². The summed E-state index contributed by atoms with van der Waals surface area (Å²) in [5.74, 6) is 2.23. The minimum absolute atomic E-state index is 0.0319. The second kappa shape index (κ2) is 7.51. The van der Waals surface area contributed by atoms with Crippen molar-refractivity contribution in [3.05, 3.63) is 40.4 Å². The fourth-order valence-electron chi connectivity index (χ4n) is 2.37. The van der Waals surface area contributed by atoms with Crippen molar-refractivity contribution in [1.82, 2.24) is 0 Å². The number of methoxy groups -OCH3 is 3. The molecule has 0 aliphatic heterocycles. The summed E-state index contributed by atoms with van der Waals surface area (Å²) < 4.78 is 17.0. The van der Waals surface area contributed by atoms with Gasteiger partial charge in [0, 0.05) is 24.2 Å². The summed E-state index contributed by atoms with van der Waals surface area (Å²) in [6, 6.07) is 9.65. The van der Waals surface area contributed by atoms with Gasteiger partial charge in [0.1, 0.15) is 17.2 Å². The van der Waals surface area contributed by atoms with Crippen molar-refractivity contribution >= 4 is 15.9 Å². The Morgan fingerprint density at radius 3 is 2.18 bits per heavy atom. The van der Waals surface area contributed by atoms with Crippen LogP contribution in [0.1, 0.15) is 5.56 Å². The third kappa shape index (κ3) is 3.20. The first-order valence-corrected chi connectivity index (χ1v) is 7.64. The molecule has 0 fully saturated rings. The third-order valence-corrected chi connectivity index (χ3v) is 4.33. The Morgan fingerprint density at radius 1 is 1.00 bits per heavy atom. The molecule has 2 aromatic carbocycles. The van der Waals surface area contributed by atoms with Crippen LogP contribution < -0.4 is 14.2 Å². The van der Waals surface area contributed by atoms with E-state index in [0.29, 0.717) is 12.2 Å². The molecular weight excluding hydrogens is 348 g/mol. The van der Waals surface area contributed by atoms with Crippen LogP contribution >= 0.6 is 15.9 Å². The van der Waals surface area contributed by atoms with Gasteiger partial charge in [-0.1, -0.05) is 12.1 Å². The number of aliphatic hydroxyl groups is 1. The van der Waals surface area contributed by atoms with E-state index in [1.165, 1.54) is 0 Å². The number of benzene rings is 2. The van der Waals surface area contributed by atoms with E-state index < -0.39 is 0 Å². The topological polar surface area (TPSA) is 47.9 Å². The molecule has 0 radical (unpaired) electrons. The van der Waals surface area contributed by atoms with E-state index in [0.717, 1.165) is 32.7 Å². The predicted molar refractivity (Wildman–Crippen MR) is 90.0 cm³/mol. The van der Waals surface area contributed by atoms with Gasteiger partial charge < -0.3 is 19.3 Å². The second-order valence-corrected chi connectivity index (χ2v) is 5.45.